The van der Waals surface area contributed by atoms with Crippen LogP contribution in [-0.4, -0.2) is 0 Å². The van der Waals surface area contributed by atoms with Crippen LogP contribution in [0.1, 0.15) is 16.7 Å². The Balaban J connectivity index is 1.64. The third kappa shape index (κ3) is 1.95. The minimum Gasteiger partial charge on any atom is -0.473 e. The molecule has 0 saturated heterocycles. The minimum atomic E-state index is -0.617. The van der Waals surface area contributed by atoms with Crippen LogP contribution in [0.25, 0.3) is 16.8 Å². The molecule has 0 saturated carbocycles. The van der Waals surface area contributed by atoms with Gasteiger partial charge in [0.25, 0.3) is 0 Å². The normalized spacial score (nSPS) is 15.4. The Morgan fingerprint density at radius 2 is 1.33 bits per heavy atom. The van der Waals surface area contributed by atoms with E-state index in [4.69, 9.17) is 4.74 Å². The van der Waals surface area contributed by atoms with Crippen LogP contribution < -0.4 is 10.1 Å². The van der Waals surface area contributed by atoms with Gasteiger partial charge in [-0.2, -0.15) is 0 Å². The quantitative estimate of drug-likeness (QED) is 0.406. The molecule has 0 bridgehead atoms. The summed E-state index contributed by atoms with van der Waals surface area (Å²) in [6.45, 7) is 0. The molecule has 2 nitrogen and oxygen atoms in total. The first-order valence-electron chi connectivity index (χ1n) is 9.21. The molecule has 2 aliphatic heterocycles. The van der Waals surface area contributed by atoms with Gasteiger partial charge >= 0.3 is 0 Å². The Kier molecular flexibility index (Phi) is 2.84. The van der Waals surface area contributed by atoms with E-state index in [9.17, 15) is 0 Å². The SMILES string of the molecule is C1=CC2(Oc3ccc4ccccc4c31)c1ccccc1Nc1ccccc12. The number of hydrogen-bond acceptors (Lipinski definition) is 2. The van der Waals surface area contributed by atoms with Gasteiger partial charge in [-0.3, -0.25) is 0 Å². The maximum atomic E-state index is 6.79. The molecule has 2 heteroatoms. The summed E-state index contributed by atoms with van der Waals surface area (Å²) in [5.41, 5.74) is 4.98. The zero-order valence-electron chi connectivity index (χ0n) is 14.6. The molecule has 27 heavy (non-hydrogen) atoms. The van der Waals surface area contributed by atoms with Gasteiger partial charge in [0.2, 0.25) is 0 Å². The van der Waals surface area contributed by atoms with Crippen LogP contribution in [-0.2, 0) is 5.60 Å². The second kappa shape index (κ2) is 5.24. The van der Waals surface area contributed by atoms with E-state index in [1.165, 1.54) is 10.8 Å². The molecule has 0 unspecified atom stereocenters. The standard InChI is InChI=1S/C25H17NO/c1-2-8-18-17(7-1)13-14-24-19(18)15-16-25(27-24)20-9-3-5-11-22(20)26-23-12-6-4-10-21(23)25/h1-16,26H. The Morgan fingerprint density at radius 1 is 0.667 bits per heavy atom. The topological polar surface area (TPSA) is 21.3 Å². The summed E-state index contributed by atoms with van der Waals surface area (Å²) >= 11 is 0. The zero-order valence-corrected chi connectivity index (χ0v) is 14.6. The number of hydrogen-bond donors (Lipinski definition) is 1. The van der Waals surface area contributed by atoms with Gasteiger partial charge in [-0.05, 0) is 41.1 Å². The van der Waals surface area contributed by atoms with Crippen LogP contribution in [0.15, 0.2) is 91.0 Å². The third-order valence-corrected chi connectivity index (χ3v) is 5.61. The van der Waals surface area contributed by atoms with E-state index in [1.54, 1.807) is 0 Å². The Labute approximate surface area is 157 Å². The molecule has 0 aromatic heterocycles. The molecule has 4 aromatic carbocycles. The summed E-state index contributed by atoms with van der Waals surface area (Å²) in [7, 11) is 0. The molecule has 2 aliphatic rings. The largest absolute Gasteiger partial charge is 0.473 e. The molecule has 0 atom stereocenters. The predicted molar refractivity (Wildman–Crippen MR) is 111 cm³/mol. The molecule has 0 aliphatic carbocycles. The molecule has 0 amide bonds. The van der Waals surface area contributed by atoms with Crippen molar-refractivity contribution in [3.63, 3.8) is 0 Å². The summed E-state index contributed by atoms with van der Waals surface area (Å²) < 4.78 is 6.79. The van der Waals surface area contributed by atoms with Crippen LogP contribution in [0.5, 0.6) is 5.75 Å². The molecule has 0 fully saturated rings. The van der Waals surface area contributed by atoms with Crippen molar-refractivity contribution in [3.05, 3.63) is 108 Å². The van der Waals surface area contributed by atoms with E-state index >= 15 is 0 Å². The number of nitrogens with one attached hydrogen (secondary N) is 1. The van der Waals surface area contributed by atoms with E-state index in [0.29, 0.717) is 0 Å². The van der Waals surface area contributed by atoms with Crippen molar-refractivity contribution in [1.29, 1.82) is 0 Å². The van der Waals surface area contributed by atoms with Crippen molar-refractivity contribution in [2.45, 2.75) is 5.60 Å². The molecule has 1 spiro atoms. The maximum absolute atomic E-state index is 6.79. The van der Waals surface area contributed by atoms with Gasteiger partial charge in [-0.1, -0.05) is 66.7 Å². The van der Waals surface area contributed by atoms with E-state index < -0.39 is 5.60 Å². The highest BCUT2D eigenvalue weighted by Crippen LogP contribution is 2.50. The van der Waals surface area contributed by atoms with E-state index in [0.717, 1.165) is 33.8 Å². The fraction of sp³-hybridized carbons (Fsp3) is 0.0400. The van der Waals surface area contributed by atoms with Gasteiger partial charge in [0, 0.05) is 28.1 Å². The highest BCUT2D eigenvalue weighted by molar-refractivity contribution is 5.94. The molecule has 1 N–H and O–H groups in total. The molecule has 6 rings (SSSR count). The highest BCUT2D eigenvalue weighted by atomic mass is 16.5. The summed E-state index contributed by atoms with van der Waals surface area (Å²) in [5, 5.41) is 6.00. The number of benzene rings is 4. The summed E-state index contributed by atoms with van der Waals surface area (Å²) in [5.74, 6) is 0.919. The number of rotatable bonds is 0. The van der Waals surface area contributed by atoms with Gasteiger partial charge < -0.3 is 10.1 Å². The summed E-state index contributed by atoms with van der Waals surface area (Å²) in [4.78, 5) is 0. The summed E-state index contributed by atoms with van der Waals surface area (Å²) in [6, 6.07) is 29.5. The highest BCUT2D eigenvalue weighted by Gasteiger charge is 2.43. The molecule has 4 aromatic rings. The second-order valence-electron chi connectivity index (χ2n) is 7.09. The van der Waals surface area contributed by atoms with Crippen molar-refractivity contribution >= 4 is 28.2 Å². The van der Waals surface area contributed by atoms with Crippen LogP contribution in [0, 0.1) is 0 Å². The van der Waals surface area contributed by atoms with Gasteiger partial charge in [0.15, 0.2) is 5.60 Å². The fourth-order valence-electron chi connectivity index (χ4n) is 4.36. The Bertz CT molecular complexity index is 1190. The summed E-state index contributed by atoms with van der Waals surface area (Å²) in [6.07, 6.45) is 4.43. The lowest BCUT2D eigenvalue weighted by molar-refractivity contribution is 0.161. The number of ether oxygens (including phenoxy) is 1. The molecule has 128 valence electrons. The average Bonchev–Trinajstić information content (AvgIpc) is 2.74. The Morgan fingerprint density at radius 3 is 2.11 bits per heavy atom. The lowest BCUT2D eigenvalue weighted by atomic mass is 9.79. The van der Waals surface area contributed by atoms with Crippen LogP contribution in [0.3, 0.4) is 0 Å². The van der Waals surface area contributed by atoms with E-state index in [2.05, 4.69) is 102 Å². The molecule has 0 radical (unpaired) electrons. The van der Waals surface area contributed by atoms with Crippen molar-refractivity contribution < 1.29 is 4.74 Å². The number of para-hydroxylation sites is 2. The van der Waals surface area contributed by atoms with Gasteiger partial charge in [0.1, 0.15) is 5.75 Å². The first kappa shape index (κ1) is 14.6. The van der Waals surface area contributed by atoms with Crippen LogP contribution >= 0.6 is 0 Å². The van der Waals surface area contributed by atoms with Crippen LogP contribution in [0.2, 0.25) is 0 Å². The van der Waals surface area contributed by atoms with E-state index in [1.807, 2.05) is 0 Å². The van der Waals surface area contributed by atoms with E-state index in [-0.39, 0.29) is 0 Å². The monoisotopic (exact) mass is 347 g/mol. The molecular weight excluding hydrogens is 330 g/mol. The number of fused-ring (bicyclic) bond motifs is 7. The Hall–Kier alpha value is -3.52. The number of anilines is 2. The van der Waals surface area contributed by atoms with Crippen molar-refractivity contribution in [2.24, 2.45) is 0 Å². The zero-order chi connectivity index (χ0) is 17.8. The average molecular weight is 347 g/mol. The van der Waals surface area contributed by atoms with Crippen molar-refractivity contribution in [2.75, 3.05) is 5.32 Å². The smallest absolute Gasteiger partial charge is 0.182 e. The van der Waals surface area contributed by atoms with Gasteiger partial charge in [-0.25, -0.2) is 0 Å². The molecule has 2 heterocycles. The first-order chi connectivity index (χ1) is 13.4. The fourth-order valence-corrected chi connectivity index (χ4v) is 4.36. The van der Waals surface area contributed by atoms with Gasteiger partial charge in [0.05, 0.1) is 0 Å². The van der Waals surface area contributed by atoms with Gasteiger partial charge in [-0.15, -0.1) is 0 Å². The lowest BCUT2D eigenvalue weighted by Crippen LogP contribution is -2.37. The first-order valence-corrected chi connectivity index (χ1v) is 9.21. The molecular formula is C25H17NO. The van der Waals surface area contributed by atoms with Crippen molar-refractivity contribution in [3.8, 4) is 5.75 Å². The predicted octanol–water partition coefficient (Wildman–Crippen LogP) is 6.25. The maximum Gasteiger partial charge on any atom is 0.182 e. The minimum absolute atomic E-state index is 0.617. The lowest BCUT2D eigenvalue weighted by Gasteiger charge is -2.41. The van der Waals surface area contributed by atoms with Crippen LogP contribution in [0.4, 0.5) is 11.4 Å². The third-order valence-electron chi connectivity index (χ3n) is 5.61. The second-order valence-corrected chi connectivity index (χ2v) is 7.09. The van der Waals surface area contributed by atoms with Crippen molar-refractivity contribution in [1.82, 2.24) is 0 Å².